The first kappa shape index (κ1) is 17.4. The predicted molar refractivity (Wildman–Crippen MR) is 99.1 cm³/mol. The van der Waals surface area contributed by atoms with Crippen molar-refractivity contribution in [1.29, 1.82) is 0 Å². The lowest BCUT2D eigenvalue weighted by atomic mass is 10.2. The molecule has 1 amide bonds. The maximum Gasteiger partial charge on any atom is 0.249 e. The molecule has 1 aromatic heterocycles. The fraction of sp³-hybridized carbons (Fsp3) is 0.0476. The van der Waals surface area contributed by atoms with Crippen LogP contribution in [0.2, 0.25) is 0 Å². The average molecular weight is 348 g/mol. The minimum Gasteiger partial charge on any atom is -0.485 e. The number of hydrogen-bond acceptors (Lipinski definition) is 3. The van der Waals surface area contributed by atoms with E-state index in [0.717, 1.165) is 11.1 Å². The number of pyridine rings is 1. The topological polar surface area (TPSA) is 51.2 Å². The Hall–Kier alpha value is -3.47. The first-order chi connectivity index (χ1) is 12.7. The van der Waals surface area contributed by atoms with Gasteiger partial charge in [0.05, 0.1) is 0 Å². The second-order valence-electron chi connectivity index (χ2n) is 5.50. The van der Waals surface area contributed by atoms with Gasteiger partial charge in [-0.1, -0.05) is 42.5 Å². The molecule has 26 heavy (non-hydrogen) atoms. The second kappa shape index (κ2) is 8.58. The summed E-state index contributed by atoms with van der Waals surface area (Å²) in [7, 11) is 0. The maximum atomic E-state index is 12.9. The van der Waals surface area contributed by atoms with Crippen molar-refractivity contribution in [3.05, 3.63) is 95.9 Å². The Morgan fingerprint density at radius 1 is 1.04 bits per heavy atom. The van der Waals surface area contributed by atoms with Crippen molar-refractivity contribution in [3.63, 3.8) is 0 Å². The Bertz CT molecular complexity index is 893. The minimum atomic E-state index is -0.349. The van der Waals surface area contributed by atoms with Gasteiger partial charge in [-0.2, -0.15) is 0 Å². The molecule has 0 aliphatic heterocycles. The van der Waals surface area contributed by atoms with Gasteiger partial charge < -0.3 is 10.1 Å². The van der Waals surface area contributed by atoms with Crippen LogP contribution in [-0.2, 0) is 11.4 Å². The minimum absolute atomic E-state index is 0.319. The van der Waals surface area contributed by atoms with E-state index < -0.39 is 0 Å². The zero-order valence-corrected chi connectivity index (χ0v) is 13.9. The van der Waals surface area contributed by atoms with E-state index in [0.29, 0.717) is 18.2 Å². The summed E-state index contributed by atoms with van der Waals surface area (Å²) >= 11 is 0. The number of nitrogens with one attached hydrogen (secondary N) is 1. The van der Waals surface area contributed by atoms with E-state index in [1.165, 1.54) is 18.2 Å². The third-order valence-corrected chi connectivity index (χ3v) is 3.55. The molecule has 130 valence electrons. The quantitative estimate of drug-likeness (QED) is 0.670. The number of rotatable bonds is 6. The van der Waals surface area contributed by atoms with Crippen molar-refractivity contribution < 1.29 is 13.9 Å². The summed E-state index contributed by atoms with van der Waals surface area (Å²) in [5.41, 5.74) is 1.74. The lowest BCUT2D eigenvalue weighted by molar-refractivity contribution is -0.111. The van der Waals surface area contributed by atoms with Crippen molar-refractivity contribution >= 4 is 17.8 Å². The molecule has 3 aromatic rings. The summed E-state index contributed by atoms with van der Waals surface area (Å²) in [6.45, 7) is 0.376. The third-order valence-electron chi connectivity index (χ3n) is 3.55. The van der Waals surface area contributed by atoms with Gasteiger partial charge in [-0.05, 0) is 41.5 Å². The Morgan fingerprint density at radius 2 is 1.81 bits per heavy atom. The fourth-order valence-electron chi connectivity index (χ4n) is 2.24. The molecule has 1 heterocycles. The summed E-state index contributed by atoms with van der Waals surface area (Å²) in [6, 6.07) is 19.1. The van der Waals surface area contributed by atoms with E-state index in [9.17, 15) is 9.18 Å². The lowest BCUT2D eigenvalue weighted by Gasteiger charge is -2.10. The van der Waals surface area contributed by atoms with Gasteiger partial charge in [0.15, 0.2) is 11.6 Å². The number of aromatic nitrogens is 1. The van der Waals surface area contributed by atoms with E-state index in [4.69, 9.17) is 4.74 Å². The molecule has 0 spiro atoms. The number of ether oxygens (including phenoxy) is 1. The molecule has 0 aliphatic carbocycles. The van der Waals surface area contributed by atoms with Crippen LogP contribution >= 0.6 is 0 Å². The van der Waals surface area contributed by atoms with Crippen LogP contribution in [-0.4, -0.2) is 10.9 Å². The number of amides is 1. The molecule has 0 bridgehead atoms. The second-order valence-corrected chi connectivity index (χ2v) is 5.50. The largest absolute Gasteiger partial charge is 0.485 e. The monoisotopic (exact) mass is 348 g/mol. The SMILES string of the molecule is O=C(/C=C/c1ccc(F)cc1)Nc1ncccc1OCc1ccccc1. The Kier molecular flexibility index (Phi) is 5.72. The highest BCUT2D eigenvalue weighted by molar-refractivity contribution is 6.02. The normalized spacial score (nSPS) is 10.7. The summed E-state index contributed by atoms with van der Waals surface area (Å²) in [5, 5.41) is 2.69. The van der Waals surface area contributed by atoms with E-state index in [1.807, 2.05) is 30.3 Å². The summed E-state index contributed by atoms with van der Waals surface area (Å²) < 4.78 is 18.6. The number of anilines is 1. The van der Waals surface area contributed by atoms with Crippen LogP contribution in [0.15, 0.2) is 79.0 Å². The number of carbonyl (C=O) groups is 1. The van der Waals surface area contributed by atoms with E-state index in [2.05, 4.69) is 10.3 Å². The van der Waals surface area contributed by atoms with Crippen molar-refractivity contribution in [2.24, 2.45) is 0 Å². The highest BCUT2D eigenvalue weighted by Gasteiger charge is 2.07. The van der Waals surface area contributed by atoms with Gasteiger partial charge in [0.1, 0.15) is 12.4 Å². The molecular weight excluding hydrogens is 331 g/mol. The van der Waals surface area contributed by atoms with Gasteiger partial charge in [0, 0.05) is 12.3 Å². The Morgan fingerprint density at radius 3 is 2.58 bits per heavy atom. The van der Waals surface area contributed by atoms with Gasteiger partial charge in [-0.15, -0.1) is 0 Å². The zero-order chi connectivity index (χ0) is 18.2. The molecule has 0 saturated carbocycles. The molecule has 0 radical (unpaired) electrons. The van der Waals surface area contributed by atoms with Gasteiger partial charge in [-0.25, -0.2) is 9.37 Å². The number of halogens is 1. The van der Waals surface area contributed by atoms with Crippen molar-refractivity contribution in [2.75, 3.05) is 5.32 Å². The van der Waals surface area contributed by atoms with E-state index in [-0.39, 0.29) is 11.7 Å². The highest BCUT2D eigenvalue weighted by atomic mass is 19.1. The Balaban J connectivity index is 1.63. The fourth-order valence-corrected chi connectivity index (χ4v) is 2.24. The maximum absolute atomic E-state index is 12.9. The number of carbonyl (C=O) groups excluding carboxylic acids is 1. The van der Waals surface area contributed by atoms with Crippen molar-refractivity contribution in [1.82, 2.24) is 4.98 Å². The lowest BCUT2D eigenvalue weighted by Crippen LogP contribution is -2.11. The van der Waals surface area contributed by atoms with Crippen LogP contribution in [0.25, 0.3) is 6.08 Å². The van der Waals surface area contributed by atoms with Crippen LogP contribution in [0.3, 0.4) is 0 Å². The van der Waals surface area contributed by atoms with Crippen LogP contribution in [0.4, 0.5) is 10.2 Å². The average Bonchev–Trinajstić information content (AvgIpc) is 2.68. The number of benzene rings is 2. The summed E-state index contributed by atoms with van der Waals surface area (Å²) in [5.74, 6) is 0.162. The van der Waals surface area contributed by atoms with Crippen LogP contribution in [0.5, 0.6) is 5.75 Å². The molecule has 0 saturated heterocycles. The van der Waals surface area contributed by atoms with Crippen LogP contribution < -0.4 is 10.1 Å². The van der Waals surface area contributed by atoms with Gasteiger partial charge in [0.2, 0.25) is 5.91 Å². The number of hydrogen-bond donors (Lipinski definition) is 1. The third kappa shape index (κ3) is 5.01. The first-order valence-corrected chi connectivity index (χ1v) is 8.07. The van der Waals surface area contributed by atoms with E-state index >= 15 is 0 Å². The van der Waals surface area contributed by atoms with Gasteiger partial charge >= 0.3 is 0 Å². The molecule has 5 heteroatoms. The molecule has 4 nitrogen and oxygen atoms in total. The zero-order valence-electron chi connectivity index (χ0n) is 13.9. The highest BCUT2D eigenvalue weighted by Crippen LogP contribution is 2.22. The van der Waals surface area contributed by atoms with E-state index in [1.54, 1.807) is 36.5 Å². The molecule has 0 unspecified atom stereocenters. The van der Waals surface area contributed by atoms with Gasteiger partial charge in [0.25, 0.3) is 0 Å². The predicted octanol–water partition coefficient (Wildman–Crippen LogP) is 4.45. The molecule has 0 fully saturated rings. The smallest absolute Gasteiger partial charge is 0.249 e. The number of nitrogens with zero attached hydrogens (tertiary/aromatic N) is 1. The molecular formula is C21H17FN2O2. The molecule has 0 atom stereocenters. The van der Waals surface area contributed by atoms with Crippen LogP contribution in [0.1, 0.15) is 11.1 Å². The first-order valence-electron chi connectivity index (χ1n) is 8.07. The molecule has 0 aliphatic rings. The van der Waals surface area contributed by atoms with Crippen molar-refractivity contribution in [2.45, 2.75) is 6.61 Å². The standard InChI is InChI=1S/C21H17FN2O2/c22-18-11-8-16(9-12-18)10-13-20(25)24-21-19(7-4-14-23-21)26-15-17-5-2-1-3-6-17/h1-14H,15H2,(H,23,24,25)/b13-10+. The van der Waals surface area contributed by atoms with Crippen molar-refractivity contribution in [3.8, 4) is 5.75 Å². The summed E-state index contributed by atoms with van der Waals surface area (Å²) in [6.07, 6.45) is 4.54. The molecule has 2 aromatic carbocycles. The van der Waals surface area contributed by atoms with Crippen LogP contribution in [0, 0.1) is 5.82 Å². The van der Waals surface area contributed by atoms with Gasteiger partial charge in [-0.3, -0.25) is 4.79 Å². The molecule has 1 N–H and O–H groups in total. The molecule has 3 rings (SSSR count). The summed E-state index contributed by atoms with van der Waals surface area (Å²) in [4.78, 5) is 16.3. The Labute approximate surface area is 151 Å².